The minimum absolute atomic E-state index is 0.434. The van der Waals surface area contributed by atoms with Crippen molar-refractivity contribution in [2.24, 2.45) is 0 Å². The molecule has 3 nitrogen and oxygen atoms in total. The van der Waals surface area contributed by atoms with Crippen molar-refractivity contribution in [1.82, 2.24) is 4.98 Å². The Bertz CT molecular complexity index is 511. The maximum atomic E-state index is 9.85. The van der Waals surface area contributed by atoms with Crippen molar-refractivity contribution in [3.05, 3.63) is 45.9 Å². The van der Waals surface area contributed by atoms with Crippen LogP contribution in [0, 0.1) is 6.92 Å². The standard InChI is InChI=1S/C14H17NO2S/c1-10-4-6-11(7-5-10)17-9-13-15-8-12(18-13)14(2,3)16/h4-8,16H,9H2,1-3H3. The van der Waals surface area contributed by atoms with Crippen molar-refractivity contribution in [1.29, 1.82) is 0 Å². The van der Waals surface area contributed by atoms with E-state index in [1.54, 1.807) is 20.0 Å². The van der Waals surface area contributed by atoms with E-state index in [2.05, 4.69) is 4.98 Å². The maximum Gasteiger partial charge on any atom is 0.140 e. The van der Waals surface area contributed by atoms with E-state index in [1.807, 2.05) is 31.2 Å². The van der Waals surface area contributed by atoms with Gasteiger partial charge in [-0.3, -0.25) is 0 Å². The van der Waals surface area contributed by atoms with Gasteiger partial charge in [0.15, 0.2) is 0 Å². The molecule has 0 radical (unpaired) electrons. The van der Waals surface area contributed by atoms with E-state index in [0.717, 1.165) is 15.6 Å². The number of thiazole rings is 1. The van der Waals surface area contributed by atoms with Crippen molar-refractivity contribution < 1.29 is 9.84 Å². The first-order chi connectivity index (χ1) is 8.45. The number of hydrogen-bond donors (Lipinski definition) is 1. The molecule has 0 amide bonds. The van der Waals surface area contributed by atoms with Crippen molar-refractivity contribution >= 4 is 11.3 Å². The van der Waals surface area contributed by atoms with Gasteiger partial charge in [0.05, 0.1) is 10.5 Å². The molecule has 4 heteroatoms. The van der Waals surface area contributed by atoms with E-state index in [4.69, 9.17) is 4.74 Å². The summed E-state index contributed by atoms with van der Waals surface area (Å²) in [5.74, 6) is 0.834. The summed E-state index contributed by atoms with van der Waals surface area (Å²) in [5, 5.41) is 10.7. The average Bonchev–Trinajstić information content (AvgIpc) is 2.77. The lowest BCUT2D eigenvalue weighted by molar-refractivity contribution is 0.0823. The summed E-state index contributed by atoms with van der Waals surface area (Å²) in [5.41, 5.74) is 0.376. The second kappa shape index (κ2) is 5.08. The zero-order chi connectivity index (χ0) is 13.2. The third-order valence-corrected chi connectivity index (χ3v) is 3.82. The minimum atomic E-state index is -0.834. The highest BCUT2D eigenvalue weighted by molar-refractivity contribution is 7.11. The first-order valence-corrected chi connectivity index (χ1v) is 6.64. The van der Waals surface area contributed by atoms with E-state index in [1.165, 1.54) is 16.9 Å². The van der Waals surface area contributed by atoms with Gasteiger partial charge >= 0.3 is 0 Å². The Kier molecular flexibility index (Phi) is 3.68. The Balaban J connectivity index is 1.98. The Morgan fingerprint density at radius 1 is 1.28 bits per heavy atom. The van der Waals surface area contributed by atoms with Gasteiger partial charge in [0.1, 0.15) is 17.4 Å². The average molecular weight is 263 g/mol. The summed E-state index contributed by atoms with van der Waals surface area (Å²) in [6.45, 7) is 5.99. The number of aromatic nitrogens is 1. The number of ether oxygens (including phenoxy) is 1. The first-order valence-electron chi connectivity index (χ1n) is 5.82. The van der Waals surface area contributed by atoms with E-state index >= 15 is 0 Å². The molecule has 1 heterocycles. The molecule has 0 spiro atoms. The van der Waals surface area contributed by atoms with Gasteiger partial charge in [0.2, 0.25) is 0 Å². The lowest BCUT2D eigenvalue weighted by Crippen LogP contribution is -2.12. The van der Waals surface area contributed by atoms with Crippen molar-refractivity contribution in [3.63, 3.8) is 0 Å². The molecule has 0 aliphatic carbocycles. The van der Waals surface area contributed by atoms with Gasteiger partial charge in [-0.05, 0) is 32.9 Å². The summed E-state index contributed by atoms with van der Waals surface area (Å²) in [7, 11) is 0. The highest BCUT2D eigenvalue weighted by atomic mass is 32.1. The normalized spacial score (nSPS) is 11.6. The highest BCUT2D eigenvalue weighted by Crippen LogP contribution is 2.26. The van der Waals surface area contributed by atoms with Crippen LogP contribution in [-0.4, -0.2) is 10.1 Å². The molecular weight excluding hydrogens is 246 g/mol. The van der Waals surface area contributed by atoms with E-state index in [9.17, 15) is 5.11 Å². The highest BCUT2D eigenvalue weighted by Gasteiger charge is 2.19. The van der Waals surface area contributed by atoms with Crippen LogP contribution in [0.1, 0.15) is 29.3 Å². The predicted octanol–water partition coefficient (Wildman–Crippen LogP) is 3.26. The lowest BCUT2D eigenvalue weighted by Gasteiger charge is -2.13. The first kappa shape index (κ1) is 13.1. The second-order valence-electron chi connectivity index (χ2n) is 4.78. The molecule has 0 aliphatic rings. The molecule has 18 heavy (non-hydrogen) atoms. The molecule has 1 aromatic carbocycles. The molecule has 0 aliphatic heterocycles. The topological polar surface area (TPSA) is 42.4 Å². The smallest absolute Gasteiger partial charge is 0.140 e. The molecule has 0 saturated heterocycles. The molecule has 0 bridgehead atoms. The molecule has 96 valence electrons. The number of aliphatic hydroxyl groups is 1. The summed E-state index contributed by atoms with van der Waals surface area (Å²) < 4.78 is 5.64. The summed E-state index contributed by atoms with van der Waals surface area (Å²) >= 11 is 1.48. The van der Waals surface area contributed by atoms with Gasteiger partial charge in [-0.2, -0.15) is 0 Å². The molecule has 2 rings (SSSR count). The lowest BCUT2D eigenvalue weighted by atomic mass is 10.1. The molecule has 0 unspecified atom stereocenters. The van der Waals surface area contributed by atoms with Gasteiger partial charge in [0, 0.05) is 6.20 Å². The third-order valence-electron chi connectivity index (χ3n) is 2.54. The van der Waals surface area contributed by atoms with Crippen LogP contribution >= 0.6 is 11.3 Å². The Morgan fingerprint density at radius 2 is 1.94 bits per heavy atom. The molecule has 0 saturated carbocycles. The summed E-state index contributed by atoms with van der Waals surface area (Å²) in [4.78, 5) is 5.10. The molecule has 0 fully saturated rings. The SMILES string of the molecule is Cc1ccc(OCc2ncc(C(C)(C)O)s2)cc1. The molecule has 1 aromatic heterocycles. The number of rotatable bonds is 4. The van der Waals surface area contributed by atoms with Crippen LogP contribution < -0.4 is 4.74 Å². The second-order valence-corrected chi connectivity index (χ2v) is 5.89. The van der Waals surface area contributed by atoms with Crippen LogP contribution in [0.3, 0.4) is 0 Å². The van der Waals surface area contributed by atoms with Crippen LogP contribution in [0.2, 0.25) is 0 Å². The van der Waals surface area contributed by atoms with Gasteiger partial charge in [0.25, 0.3) is 0 Å². The summed E-state index contributed by atoms with van der Waals surface area (Å²) in [6.07, 6.45) is 1.71. The number of hydrogen-bond acceptors (Lipinski definition) is 4. The Hall–Kier alpha value is -1.39. The van der Waals surface area contributed by atoms with Gasteiger partial charge < -0.3 is 9.84 Å². The quantitative estimate of drug-likeness (QED) is 0.920. The monoisotopic (exact) mass is 263 g/mol. The zero-order valence-electron chi connectivity index (χ0n) is 10.8. The fourth-order valence-electron chi connectivity index (χ4n) is 1.44. The van der Waals surface area contributed by atoms with Gasteiger partial charge in [-0.15, -0.1) is 11.3 Å². The van der Waals surface area contributed by atoms with Crippen LogP contribution in [0.5, 0.6) is 5.75 Å². The molecular formula is C14H17NO2S. The van der Waals surface area contributed by atoms with E-state index in [-0.39, 0.29) is 0 Å². The third kappa shape index (κ3) is 3.31. The van der Waals surface area contributed by atoms with Crippen LogP contribution in [0.4, 0.5) is 0 Å². The number of aryl methyl sites for hydroxylation is 1. The zero-order valence-corrected chi connectivity index (χ0v) is 11.6. The van der Waals surface area contributed by atoms with Crippen LogP contribution in [0.15, 0.2) is 30.5 Å². The maximum absolute atomic E-state index is 9.85. The number of benzene rings is 1. The molecule has 1 N–H and O–H groups in total. The van der Waals surface area contributed by atoms with Crippen molar-refractivity contribution in [2.45, 2.75) is 33.0 Å². The van der Waals surface area contributed by atoms with Gasteiger partial charge in [-0.1, -0.05) is 17.7 Å². The van der Waals surface area contributed by atoms with Crippen LogP contribution in [0.25, 0.3) is 0 Å². The predicted molar refractivity (Wildman–Crippen MR) is 72.9 cm³/mol. The Labute approximate surface area is 111 Å². The number of nitrogens with zero attached hydrogens (tertiary/aromatic N) is 1. The summed E-state index contributed by atoms with van der Waals surface area (Å²) in [6, 6.07) is 7.92. The largest absolute Gasteiger partial charge is 0.486 e. The fourth-order valence-corrected chi connectivity index (χ4v) is 2.27. The molecule has 2 aromatic rings. The van der Waals surface area contributed by atoms with Gasteiger partial charge in [-0.25, -0.2) is 4.98 Å². The minimum Gasteiger partial charge on any atom is -0.486 e. The van der Waals surface area contributed by atoms with E-state index in [0.29, 0.717) is 6.61 Å². The van der Waals surface area contributed by atoms with Crippen molar-refractivity contribution in [2.75, 3.05) is 0 Å². The van der Waals surface area contributed by atoms with Crippen molar-refractivity contribution in [3.8, 4) is 5.75 Å². The fraction of sp³-hybridized carbons (Fsp3) is 0.357. The Morgan fingerprint density at radius 3 is 2.50 bits per heavy atom. The van der Waals surface area contributed by atoms with E-state index < -0.39 is 5.60 Å². The van der Waals surface area contributed by atoms with Crippen LogP contribution in [-0.2, 0) is 12.2 Å². The molecule has 0 atom stereocenters.